The summed E-state index contributed by atoms with van der Waals surface area (Å²) in [5.74, 6) is -0.359. The Morgan fingerprint density at radius 1 is 1.00 bits per heavy atom. The minimum atomic E-state index is -0.424. The molecule has 1 aromatic heterocycles. The summed E-state index contributed by atoms with van der Waals surface area (Å²) in [7, 11) is 0. The lowest BCUT2D eigenvalue weighted by molar-refractivity contribution is 0.206. The molecule has 0 atom stereocenters. The van der Waals surface area contributed by atoms with Crippen molar-refractivity contribution < 1.29 is 9.18 Å². The summed E-state index contributed by atoms with van der Waals surface area (Å²) in [6.45, 7) is 4.24. The van der Waals surface area contributed by atoms with Crippen LogP contribution in [0.3, 0.4) is 0 Å². The third-order valence-electron chi connectivity index (χ3n) is 5.59. The summed E-state index contributed by atoms with van der Waals surface area (Å²) in [6, 6.07) is 18.2. The molecular formula is C26H23ClFN3O2. The number of amides is 2. The minimum Gasteiger partial charge on any atom is -0.322 e. The minimum absolute atomic E-state index is 0.0614. The number of H-pyrrole nitrogens is 1. The van der Waals surface area contributed by atoms with E-state index in [1.807, 2.05) is 26.0 Å². The molecular weight excluding hydrogens is 441 g/mol. The smallest absolute Gasteiger partial charge is 0.322 e. The zero-order chi connectivity index (χ0) is 23.5. The van der Waals surface area contributed by atoms with Crippen LogP contribution >= 0.6 is 11.6 Å². The van der Waals surface area contributed by atoms with Crippen LogP contribution in [-0.2, 0) is 13.1 Å². The van der Waals surface area contributed by atoms with Crippen LogP contribution in [0.1, 0.15) is 22.3 Å². The van der Waals surface area contributed by atoms with Gasteiger partial charge in [0.2, 0.25) is 0 Å². The number of carbonyl (C=O) groups excluding carboxylic acids is 1. The van der Waals surface area contributed by atoms with Gasteiger partial charge in [-0.15, -0.1) is 0 Å². The van der Waals surface area contributed by atoms with Gasteiger partial charge in [-0.05, 0) is 78.4 Å². The van der Waals surface area contributed by atoms with Crippen molar-refractivity contribution in [2.24, 2.45) is 0 Å². The molecule has 33 heavy (non-hydrogen) atoms. The Balaban J connectivity index is 1.68. The van der Waals surface area contributed by atoms with Crippen LogP contribution in [0.15, 0.2) is 71.5 Å². The number of rotatable bonds is 5. The Bertz CT molecular complexity index is 1380. The van der Waals surface area contributed by atoms with E-state index in [-0.39, 0.29) is 24.5 Å². The Kier molecular flexibility index (Phi) is 6.47. The number of aryl methyl sites for hydroxylation is 2. The van der Waals surface area contributed by atoms with E-state index in [0.29, 0.717) is 16.3 Å². The second-order valence-corrected chi connectivity index (χ2v) is 8.45. The number of anilines is 1. The number of pyridine rings is 1. The molecule has 2 N–H and O–H groups in total. The van der Waals surface area contributed by atoms with Gasteiger partial charge < -0.3 is 15.2 Å². The number of nitrogens with one attached hydrogen (secondary N) is 2. The van der Waals surface area contributed by atoms with Crippen LogP contribution in [-0.4, -0.2) is 15.9 Å². The number of nitrogens with zero attached hydrogens (tertiary/aromatic N) is 1. The number of carbonyl (C=O) groups is 1. The fourth-order valence-corrected chi connectivity index (χ4v) is 3.79. The second kappa shape index (κ2) is 9.46. The van der Waals surface area contributed by atoms with Gasteiger partial charge >= 0.3 is 6.03 Å². The van der Waals surface area contributed by atoms with Gasteiger partial charge in [-0.3, -0.25) is 4.79 Å². The second-order valence-electron chi connectivity index (χ2n) is 8.04. The summed E-state index contributed by atoms with van der Waals surface area (Å²) >= 11 is 6.20. The first-order valence-electron chi connectivity index (χ1n) is 10.5. The quantitative estimate of drug-likeness (QED) is 0.371. The summed E-state index contributed by atoms with van der Waals surface area (Å²) in [4.78, 5) is 30.4. The molecule has 0 unspecified atom stereocenters. The molecule has 0 aliphatic carbocycles. The van der Waals surface area contributed by atoms with Crippen LogP contribution in [0.2, 0.25) is 5.02 Å². The monoisotopic (exact) mass is 463 g/mol. The van der Waals surface area contributed by atoms with E-state index in [4.69, 9.17) is 11.6 Å². The van der Waals surface area contributed by atoms with Gasteiger partial charge in [-0.25, -0.2) is 9.18 Å². The standard InChI is InChI=1S/C26H23ClFN3O2/c1-16-11-19-13-20(25(32)29-24(19)12-17(16)2)15-31(14-18-7-9-21(28)10-8-18)26(33)30-23-6-4-3-5-22(23)27/h3-13H,14-15H2,1-2H3,(H,29,32)(H,30,33). The highest BCUT2D eigenvalue weighted by atomic mass is 35.5. The Labute approximate surface area is 195 Å². The van der Waals surface area contributed by atoms with Crippen LogP contribution in [0.5, 0.6) is 0 Å². The number of para-hydroxylation sites is 1. The van der Waals surface area contributed by atoms with E-state index in [1.165, 1.54) is 17.0 Å². The van der Waals surface area contributed by atoms with Crippen LogP contribution in [0, 0.1) is 19.7 Å². The molecule has 0 saturated heterocycles. The predicted octanol–water partition coefficient (Wildman–Crippen LogP) is 6.17. The third kappa shape index (κ3) is 5.23. The van der Waals surface area contributed by atoms with E-state index in [2.05, 4.69) is 10.3 Å². The van der Waals surface area contributed by atoms with Crippen molar-refractivity contribution in [1.82, 2.24) is 9.88 Å². The Morgan fingerprint density at radius 2 is 1.70 bits per heavy atom. The van der Waals surface area contributed by atoms with Gasteiger partial charge in [0.25, 0.3) is 5.56 Å². The molecule has 0 aliphatic heterocycles. The highest BCUT2D eigenvalue weighted by Crippen LogP contribution is 2.22. The maximum Gasteiger partial charge on any atom is 0.322 e. The van der Waals surface area contributed by atoms with Crippen molar-refractivity contribution in [3.05, 3.63) is 110 Å². The summed E-state index contributed by atoms with van der Waals surface area (Å²) in [6.07, 6.45) is 0. The number of urea groups is 1. The van der Waals surface area contributed by atoms with Gasteiger partial charge in [0.1, 0.15) is 5.82 Å². The molecule has 5 nitrogen and oxygen atoms in total. The zero-order valence-corrected chi connectivity index (χ0v) is 19.0. The topological polar surface area (TPSA) is 65.2 Å². The number of hydrogen-bond donors (Lipinski definition) is 2. The van der Waals surface area contributed by atoms with Crippen molar-refractivity contribution >= 4 is 34.2 Å². The maximum atomic E-state index is 13.4. The molecule has 4 aromatic rings. The molecule has 1 heterocycles. The largest absolute Gasteiger partial charge is 0.322 e. The lowest BCUT2D eigenvalue weighted by Crippen LogP contribution is -2.35. The normalized spacial score (nSPS) is 10.9. The number of fused-ring (bicyclic) bond motifs is 1. The molecule has 0 bridgehead atoms. The van der Waals surface area contributed by atoms with Gasteiger partial charge in [0, 0.05) is 17.6 Å². The van der Waals surface area contributed by atoms with Gasteiger partial charge in [0.05, 0.1) is 17.3 Å². The van der Waals surface area contributed by atoms with Crippen molar-refractivity contribution in [2.45, 2.75) is 26.9 Å². The van der Waals surface area contributed by atoms with E-state index in [0.717, 1.165) is 27.6 Å². The molecule has 0 aliphatic rings. The van der Waals surface area contributed by atoms with Crippen LogP contribution in [0.4, 0.5) is 14.9 Å². The first-order chi connectivity index (χ1) is 15.8. The molecule has 3 aromatic carbocycles. The summed E-state index contributed by atoms with van der Waals surface area (Å²) < 4.78 is 13.4. The average Bonchev–Trinajstić information content (AvgIpc) is 2.78. The summed E-state index contributed by atoms with van der Waals surface area (Å²) in [5, 5.41) is 4.10. The SMILES string of the molecule is Cc1cc2cc(CN(Cc3ccc(F)cc3)C(=O)Nc3ccccc3Cl)c(=O)[nH]c2cc1C. The number of aromatic nitrogens is 1. The molecule has 0 saturated carbocycles. The van der Waals surface area contributed by atoms with E-state index < -0.39 is 6.03 Å². The Hall–Kier alpha value is -3.64. The van der Waals surface area contributed by atoms with Crippen LogP contribution in [0.25, 0.3) is 10.9 Å². The number of hydrogen-bond acceptors (Lipinski definition) is 2. The third-order valence-corrected chi connectivity index (χ3v) is 5.92. The van der Waals surface area contributed by atoms with Gasteiger partial charge in [0.15, 0.2) is 0 Å². The van der Waals surface area contributed by atoms with Crippen molar-refractivity contribution in [3.63, 3.8) is 0 Å². The molecule has 0 fully saturated rings. The van der Waals surface area contributed by atoms with Crippen molar-refractivity contribution in [1.29, 1.82) is 0 Å². The summed E-state index contributed by atoms with van der Waals surface area (Å²) in [5.41, 5.74) is 4.32. The molecule has 2 amide bonds. The highest BCUT2D eigenvalue weighted by molar-refractivity contribution is 6.33. The van der Waals surface area contributed by atoms with E-state index in [9.17, 15) is 14.0 Å². The van der Waals surface area contributed by atoms with E-state index in [1.54, 1.807) is 42.5 Å². The fourth-order valence-electron chi connectivity index (χ4n) is 3.61. The van der Waals surface area contributed by atoms with Crippen molar-refractivity contribution in [3.8, 4) is 0 Å². The molecule has 168 valence electrons. The highest BCUT2D eigenvalue weighted by Gasteiger charge is 2.18. The molecule has 0 spiro atoms. The lowest BCUT2D eigenvalue weighted by Gasteiger charge is -2.24. The molecule has 4 rings (SSSR count). The molecule has 0 radical (unpaired) electrons. The van der Waals surface area contributed by atoms with Crippen LogP contribution < -0.4 is 10.9 Å². The number of aromatic amines is 1. The first kappa shape index (κ1) is 22.6. The fraction of sp³-hybridized carbons (Fsp3) is 0.154. The zero-order valence-electron chi connectivity index (χ0n) is 18.3. The predicted molar refractivity (Wildman–Crippen MR) is 130 cm³/mol. The maximum absolute atomic E-state index is 13.4. The number of halogens is 2. The Morgan fingerprint density at radius 3 is 2.42 bits per heavy atom. The van der Waals surface area contributed by atoms with E-state index >= 15 is 0 Å². The molecule has 7 heteroatoms. The average molecular weight is 464 g/mol. The van der Waals surface area contributed by atoms with Gasteiger partial charge in [-0.1, -0.05) is 35.9 Å². The first-order valence-corrected chi connectivity index (χ1v) is 10.9. The number of benzene rings is 3. The van der Waals surface area contributed by atoms with Crippen molar-refractivity contribution in [2.75, 3.05) is 5.32 Å². The lowest BCUT2D eigenvalue weighted by atomic mass is 10.0. The van der Waals surface area contributed by atoms with Gasteiger partial charge in [-0.2, -0.15) is 0 Å².